The van der Waals surface area contributed by atoms with Gasteiger partial charge in [0.05, 0.1) is 0 Å². The van der Waals surface area contributed by atoms with Gasteiger partial charge in [-0.2, -0.15) is 0 Å². The Labute approximate surface area is 85.2 Å². The van der Waals surface area contributed by atoms with Crippen molar-refractivity contribution >= 4 is 43.8 Å². The van der Waals surface area contributed by atoms with Crippen LogP contribution >= 0.6 is 20.2 Å². The van der Waals surface area contributed by atoms with Crippen LogP contribution in [0.3, 0.4) is 0 Å². The summed E-state index contributed by atoms with van der Waals surface area (Å²) >= 11 is -3.11. The maximum absolute atomic E-state index is 11.1. The molecule has 72 valence electrons. The van der Waals surface area contributed by atoms with Crippen molar-refractivity contribution in [2.75, 3.05) is 0 Å². The van der Waals surface area contributed by atoms with Crippen LogP contribution in [0.2, 0.25) is 0 Å². The Morgan fingerprint density at radius 3 is 1.69 bits per heavy atom. The van der Waals surface area contributed by atoms with Gasteiger partial charge in [-0.15, -0.1) is 0 Å². The zero-order valence-electron chi connectivity index (χ0n) is 7.10. The van der Waals surface area contributed by atoms with Gasteiger partial charge in [0, 0.05) is 0 Å². The molecule has 0 aromatic carbocycles. The summed E-state index contributed by atoms with van der Waals surface area (Å²) in [5.74, 6) is -0.473. The van der Waals surface area contributed by atoms with Crippen molar-refractivity contribution in [3.05, 3.63) is 0 Å². The number of rotatable bonds is 0. The first-order chi connectivity index (χ1) is 6.02. The van der Waals surface area contributed by atoms with Gasteiger partial charge in [-0.25, -0.2) is 0 Å². The van der Waals surface area contributed by atoms with Crippen LogP contribution in [0.5, 0.6) is 0 Å². The molecule has 0 aromatic rings. The minimum atomic E-state index is -3.11. The Morgan fingerprint density at radius 2 is 1.46 bits per heavy atom. The van der Waals surface area contributed by atoms with Crippen LogP contribution in [-0.2, 0) is 17.1 Å². The molecule has 2 fully saturated rings. The van der Waals surface area contributed by atoms with Crippen LogP contribution in [-0.4, -0.2) is 34.1 Å². The number of carbonyl (C=O) groups excluding carboxylic acids is 2. The van der Waals surface area contributed by atoms with Crippen molar-refractivity contribution in [2.24, 2.45) is 0 Å². The first-order valence-corrected chi connectivity index (χ1v) is 12.4. The molecule has 1 spiro atoms. The molecule has 2 saturated heterocycles. The van der Waals surface area contributed by atoms with E-state index in [1.54, 1.807) is 13.8 Å². The predicted octanol–water partition coefficient (Wildman–Crippen LogP) is 0.779. The predicted molar refractivity (Wildman–Crippen MR) is 52.0 cm³/mol. The molecule has 0 N–H and O–H groups in total. The van der Waals surface area contributed by atoms with Crippen molar-refractivity contribution in [2.45, 2.75) is 24.3 Å². The van der Waals surface area contributed by atoms with Crippen molar-refractivity contribution in [1.82, 2.24) is 0 Å². The molecule has 13 heavy (non-hydrogen) atoms. The third-order valence-corrected chi connectivity index (χ3v) is 18.1. The second-order valence-electron chi connectivity index (χ2n) is 2.86. The van der Waals surface area contributed by atoms with E-state index in [0.29, 0.717) is 0 Å². The van der Waals surface area contributed by atoms with E-state index in [0.717, 1.165) is 0 Å². The molecule has 2 aliphatic rings. The summed E-state index contributed by atoms with van der Waals surface area (Å²) in [4.78, 5) is 22.3. The zero-order chi connectivity index (χ0) is 9.64. The third-order valence-electron chi connectivity index (χ3n) is 1.76. The average molecular weight is 281 g/mol. The van der Waals surface area contributed by atoms with Gasteiger partial charge >= 0.3 is 85.2 Å². The van der Waals surface area contributed by atoms with Crippen LogP contribution in [0.15, 0.2) is 0 Å². The van der Waals surface area contributed by atoms with E-state index < -0.39 is 11.7 Å². The van der Waals surface area contributed by atoms with Gasteiger partial charge in [-0.05, 0) is 0 Å². The molecule has 0 bridgehead atoms. The van der Waals surface area contributed by atoms with Gasteiger partial charge in [-0.1, -0.05) is 0 Å². The standard InChI is InChI=1S/C6H8GeO4S2/c1-3-5(8)10-7(12-3)11-6(9)4(2)13-7/h3-4H,1-2H3/t3-,4+,7?. The van der Waals surface area contributed by atoms with E-state index in [1.165, 1.54) is 20.2 Å². The normalized spacial score (nSPS) is 43.8. The van der Waals surface area contributed by atoms with Crippen molar-refractivity contribution < 1.29 is 17.1 Å². The van der Waals surface area contributed by atoms with E-state index >= 15 is 0 Å². The SMILES string of the molecule is C[C@@H]1[S][Ge]2([O]C1=O)[O]C(=O)[C@@H](C)[S]2. The van der Waals surface area contributed by atoms with Crippen molar-refractivity contribution in [1.29, 1.82) is 0 Å². The van der Waals surface area contributed by atoms with Gasteiger partial charge < -0.3 is 0 Å². The Balaban J connectivity index is 2.17. The molecule has 0 aromatic heterocycles. The number of hydrogen-bond donors (Lipinski definition) is 0. The van der Waals surface area contributed by atoms with Crippen molar-refractivity contribution in [3.8, 4) is 0 Å². The minimum absolute atomic E-state index is 0.175. The van der Waals surface area contributed by atoms with Crippen molar-refractivity contribution in [3.63, 3.8) is 0 Å². The summed E-state index contributed by atoms with van der Waals surface area (Å²) in [6.07, 6.45) is 0. The van der Waals surface area contributed by atoms with Crippen LogP contribution in [0.1, 0.15) is 13.8 Å². The van der Waals surface area contributed by atoms with E-state index in [9.17, 15) is 9.59 Å². The topological polar surface area (TPSA) is 52.6 Å². The zero-order valence-corrected chi connectivity index (χ0v) is 10.8. The molecule has 7 heteroatoms. The van der Waals surface area contributed by atoms with Gasteiger partial charge in [0.2, 0.25) is 0 Å². The van der Waals surface area contributed by atoms with Gasteiger partial charge in [0.25, 0.3) is 0 Å². The van der Waals surface area contributed by atoms with Gasteiger partial charge in [-0.3, -0.25) is 0 Å². The van der Waals surface area contributed by atoms with Crippen LogP contribution in [0.25, 0.3) is 0 Å². The molecule has 0 aliphatic carbocycles. The maximum atomic E-state index is 11.1. The fraction of sp³-hybridized carbons (Fsp3) is 0.667. The Bertz CT molecular complexity index is 254. The molecule has 0 saturated carbocycles. The third kappa shape index (κ3) is 1.59. The summed E-state index contributed by atoms with van der Waals surface area (Å²) in [7, 11) is 2.85. The van der Waals surface area contributed by atoms with E-state index in [1.807, 2.05) is 0 Å². The fourth-order valence-electron chi connectivity index (χ4n) is 1.09. The van der Waals surface area contributed by atoms with Gasteiger partial charge in [0.1, 0.15) is 0 Å². The molecular formula is C6H8GeO4S2. The van der Waals surface area contributed by atoms with Crippen LogP contribution in [0, 0.1) is 0 Å². The van der Waals surface area contributed by atoms with E-state index in [2.05, 4.69) is 0 Å². The Morgan fingerprint density at radius 1 is 1.08 bits per heavy atom. The van der Waals surface area contributed by atoms with Crippen LogP contribution in [0.4, 0.5) is 0 Å². The Kier molecular flexibility index (Phi) is 2.32. The molecular weight excluding hydrogens is 273 g/mol. The molecule has 0 amide bonds. The molecule has 3 atom stereocenters. The molecule has 2 heterocycles. The molecule has 4 nitrogen and oxygen atoms in total. The average Bonchev–Trinajstić information content (AvgIpc) is 2.39. The van der Waals surface area contributed by atoms with Gasteiger partial charge in [0.15, 0.2) is 0 Å². The molecule has 0 radical (unpaired) electrons. The summed E-state index contributed by atoms with van der Waals surface area (Å²) in [6.45, 7) is 3.56. The first kappa shape index (κ1) is 9.73. The quantitative estimate of drug-likeness (QED) is 0.611. The second kappa shape index (κ2) is 3.10. The number of hydrogen-bond acceptors (Lipinski definition) is 6. The van der Waals surface area contributed by atoms with E-state index in [4.69, 9.17) is 7.53 Å². The fourth-order valence-corrected chi connectivity index (χ4v) is 20.0. The first-order valence-electron chi connectivity index (χ1n) is 3.84. The molecule has 2 rings (SSSR count). The second-order valence-corrected chi connectivity index (χ2v) is 17.6. The monoisotopic (exact) mass is 282 g/mol. The summed E-state index contributed by atoms with van der Waals surface area (Å²) < 4.78 is 10.4. The number of carbonyl (C=O) groups is 2. The van der Waals surface area contributed by atoms with Crippen LogP contribution < -0.4 is 0 Å². The summed E-state index contributed by atoms with van der Waals surface area (Å²) in [6, 6.07) is 0. The van der Waals surface area contributed by atoms with E-state index in [-0.39, 0.29) is 22.4 Å². The molecule has 1 unspecified atom stereocenters. The summed E-state index contributed by atoms with van der Waals surface area (Å²) in [5, 5.41) is -0.351. The Hall–Kier alpha value is 0.183. The molecule has 2 aliphatic heterocycles. The summed E-state index contributed by atoms with van der Waals surface area (Å²) in [5.41, 5.74) is 0.